The first-order chi connectivity index (χ1) is 5.07. The van der Waals surface area contributed by atoms with Crippen molar-refractivity contribution in [2.24, 2.45) is 0 Å². The van der Waals surface area contributed by atoms with Crippen molar-refractivity contribution in [3.05, 3.63) is 23.4 Å². The fourth-order valence-electron chi connectivity index (χ4n) is 0.664. The molecular formula is C10H19N. The van der Waals surface area contributed by atoms with Crippen molar-refractivity contribution < 1.29 is 0 Å². The van der Waals surface area contributed by atoms with Gasteiger partial charge in [0, 0.05) is 19.3 Å². The van der Waals surface area contributed by atoms with Gasteiger partial charge >= 0.3 is 0 Å². The molecule has 1 nitrogen and oxygen atoms in total. The van der Waals surface area contributed by atoms with Crippen molar-refractivity contribution in [1.82, 2.24) is 4.90 Å². The fraction of sp³-hybridized carbons (Fsp3) is 0.600. The highest BCUT2D eigenvalue weighted by atomic mass is 15.1. The van der Waals surface area contributed by atoms with E-state index in [9.17, 15) is 0 Å². The van der Waals surface area contributed by atoms with E-state index in [1.165, 1.54) is 11.3 Å². The Labute approximate surface area is 70.4 Å². The molecule has 0 N–H and O–H groups in total. The van der Waals surface area contributed by atoms with Crippen LogP contribution in [0.25, 0.3) is 0 Å². The van der Waals surface area contributed by atoms with Gasteiger partial charge in [-0.2, -0.15) is 0 Å². The summed E-state index contributed by atoms with van der Waals surface area (Å²) in [6.45, 7) is 9.56. The first-order valence-corrected chi connectivity index (χ1v) is 4.10. The lowest BCUT2D eigenvalue weighted by Gasteiger charge is -2.16. The highest BCUT2D eigenvalue weighted by Gasteiger charge is 1.91. The quantitative estimate of drug-likeness (QED) is 0.563. The maximum atomic E-state index is 2.22. The van der Waals surface area contributed by atoms with E-state index in [0.717, 1.165) is 6.54 Å². The summed E-state index contributed by atoms with van der Waals surface area (Å²) in [6.07, 6.45) is 4.29. The van der Waals surface area contributed by atoms with Gasteiger partial charge in [-0.05, 0) is 33.8 Å². The second kappa shape index (κ2) is 5.00. The Balaban J connectivity index is 4.11. The Morgan fingerprint density at radius 1 is 1.18 bits per heavy atom. The zero-order valence-electron chi connectivity index (χ0n) is 8.31. The van der Waals surface area contributed by atoms with E-state index >= 15 is 0 Å². The van der Waals surface area contributed by atoms with Crippen LogP contribution in [0.3, 0.4) is 0 Å². The standard InChI is InChI=1S/C10H19N/c1-6-11(5)10(4)8-7-9(2)3/h7-8H,6H2,1-5H3. The van der Waals surface area contributed by atoms with Gasteiger partial charge in [-0.3, -0.25) is 0 Å². The van der Waals surface area contributed by atoms with Crippen LogP contribution in [-0.4, -0.2) is 18.5 Å². The zero-order valence-corrected chi connectivity index (χ0v) is 8.31. The largest absolute Gasteiger partial charge is 0.378 e. The lowest BCUT2D eigenvalue weighted by atomic mass is 10.3. The first kappa shape index (κ1) is 10.3. The van der Waals surface area contributed by atoms with Gasteiger partial charge in [0.2, 0.25) is 0 Å². The lowest BCUT2D eigenvalue weighted by Crippen LogP contribution is -2.14. The molecule has 0 atom stereocenters. The predicted molar refractivity (Wildman–Crippen MR) is 51.5 cm³/mol. The van der Waals surface area contributed by atoms with Crippen molar-refractivity contribution in [2.45, 2.75) is 27.7 Å². The average molecular weight is 153 g/mol. The molecule has 0 amide bonds. The maximum Gasteiger partial charge on any atom is 0.0143 e. The molecule has 0 aromatic heterocycles. The molecule has 0 aliphatic heterocycles. The molecule has 0 saturated carbocycles. The minimum atomic E-state index is 1.07. The lowest BCUT2D eigenvalue weighted by molar-refractivity contribution is 0.443. The summed E-state index contributed by atoms with van der Waals surface area (Å²) in [4.78, 5) is 2.22. The van der Waals surface area contributed by atoms with E-state index in [4.69, 9.17) is 0 Å². The Morgan fingerprint density at radius 2 is 1.73 bits per heavy atom. The van der Waals surface area contributed by atoms with Gasteiger partial charge in [0.15, 0.2) is 0 Å². The first-order valence-electron chi connectivity index (χ1n) is 4.10. The molecular weight excluding hydrogens is 134 g/mol. The second-order valence-electron chi connectivity index (χ2n) is 3.07. The van der Waals surface area contributed by atoms with E-state index in [0.29, 0.717) is 0 Å². The number of rotatable bonds is 3. The molecule has 0 aliphatic rings. The minimum Gasteiger partial charge on any atom is -0.378 e. The van der Waals surface area contributed by atoms with E-state index in [1.54, 1.807) is 0 Å². The van der Waals surface area contributed by atoms with Crippen molar-refractivity contribution in [1.29, 1.82) is 0 Å². The van der Waals surface area contributed by atoms with Crippen LogP contribution in [0.5, 0.6) is 0 Å². The van der Waals surface area contributed by atoms with Gasteiger partial charge in [-0.25, -0.2) is 0 Å². The molecule has 0 unspecified atom stereocenters. The molecule has 0 aromatic carbocycles. The van der Waals surface area contributed by atoms with E-state index in [-0.39, 0.29) is 0 Å². The van der Waals surface area contributed by atoms with E-state index in [1.807, 2.05) is 0 Å². The highest BCUT2D eigenvalue weighted by Crippen LogP contribution is 2.00. The minimum absolute atomic E-state index is 1.07. The van der Waals surface area contributed by atoms with Crippen LogP contribution < -0.4 is 0 Å². The summed E-state index contributed by atoms with van der Waals surface area (Å²) >= 11 is 0. The van der Waals surface area contributed by atoms with Crippen LogP contribution in [-0.2, 0) is 0 Å². The van der Waals surface area contributed by atoms with Gasteiger partial charge in [0.05, 0.1) is 0 Å². The molecule has 1 heteroatoms. The van der Waals surface area contributed by atoms with Gasteiger partial charge in [0.1, 0.15) is 0 Å². The van der Waals surface area contributed by atoms with Crippen LogP contribution in [0, 0.1) is 0 Å². The van der Waals surface area contributed by atoms with Crippen LogP contribution in [0.4, 0.5) is 0 Å². The van der Waals surface area contributed by atoms with Crippen LogP contribution in [0.2, 0.25) is 0 Å². The highest BCUT2D eigenvalue weighted by molar-refractivity contribution is 5.13. The third kappa shape index (κ3) is 4.65. The van der Waals surface area contributed by atoms with Gasteiger partial charge in [-0.1, -0.05) is 11.6 Å². The second-order valence-corrected chi connectivity index (χ2v) is 3.07. The van der Waals surface area contributed by atoms with Crippen LogP contribution in [0.1, 0.15) is 27.7 Å². The molecule has 0 aliphatic carbocycles. The van der Waals surface area contributed by atoms with Crippen LogP contribution >= 0.6 is 0 Å². The normalized spacial score (nSPS) is 11.2. The summed E-state index contributed by atoms with van der Waals surface area (Å²) in [5.74, 6) is 0. The monoisotopic (exact) mass is 153 g/mol. The Kier molecular flexibility index (Phi) is 4.67. The Bertz CT molecular complexity index is 162. The predicted octanol–water partition coefficient (Wildman–Crippen LogP) is 2.81. The molecule has 11 heavy (non-hydrogen) atoms. The molecule has 0 spiro atoms. The fourth-order valence-corrected chi connectivity index (χ4v) is 0.664. The molecule has 0 saturated heterocycles. The average Bonchev–Trinajstić information content (AvgIpc) is 1.98. The third-order valence-corrected chi connectivity index (χ3v) is 1.73. The van der Waals surface area contributed by atoms with Gasteiger partial charge in [0.25, 0.3) is 0 Å². The summed E-state index contributed by atoms with van der Waals surface area (Å²) < 4.78 is 0. The smallest absolute Gasteiger partial charge is 0.0143 e. The Morgan fingerprint density at radius 3 is 2.09 bits per heavy atom. The number of allylic oxidation sites excluding steroid dienone is 4. The van der Waals surface area contributed by atoms with Gasteiger partial charge < -0.3 is 4.90 Å². The van der Waals surface area contributed by atoms with Crippen molar-refractivity contribution in [3.63, 3.8) is 0 Å². The van der Waals surface area contributed by atoms with Crippen LogP contribution in [0.15, 0.2) is 23.4 Å². The summed E-state index contributed by atoms with van der Waals surface area (Å²) in [7, 11) is 2.10. The van der Waals surface area contributed by atoms with Crippen molar-refractivity contribution in [2.75, 3.05) is 13.6 Å². The van der Waals surface area contributed by atoms with Crippen molar-refractivity contribution in [3.8, 4) is 0 Å². The zero-order chi connectivity index (χ0) is 8.85. The SMILES string of the molecule is CCN(C)C(C)=CC=C(C)C. The summed E-state index contributed by atoms with van der Waals surface area (Å²) in [5, 5.41) is 0. The molecule has 0 heterocycles. The number of hydrogen-bond donors (Lipinski definition) is 0. The molecule has 0 fully saturated rings. The molecule has 0 rings (SSSR count). The molecule has 0 aromatic rings. The molecule has 0 bridgehead atoms. The molecule has 0 radical (unpaired) electrons. The summed E-state index contributed by atoms with van der Waals surface area (Å²) in [6, 6.07) is 0. The molecule has 64 valence electrons. The summed E-state index contributed by atoms with van der Waals surface area (Å²) in [5.41, 5.74) is 2.66. The van der Waals surface area contributed by atoms with Gasteiger partial charge in [-0.15, -0.1) is 0 Å². The van der Waals surface area contributed by atoms with E-state index < -0.39 is 0 Å². The maximum absolute atomic E-state index is 2.22. The van der Waals surface area contributed by atoms with Crippen molar-refractivity contribution >= 4 is 0 Å². The Hall–Kier alpha value is -0.720. The third-order valence-electron chi connectivity index (χ3n) is 1.73. The number of nitrogens with zero attached hydrogens (tertiary/aromatic N) is 1. The van der Waals surface area contributed by atoms with E-state index in [2.05, 4.69) is 51.8 Å². The number of hydrogen-bond acceptors (Lipinski definition) is 1. The topological polar surface area (TPSA) is 3.24 Å².